The molecule has 2 heterocycles. The van der Waals surface area contributed by atoms with Crippen molar-refractivity contribution < 1.29 is 0 Å². The lowest BCUT2D eigenvalue weighted by atomic mass is 10.1. The Morgan fingerprint density at radius 1 is 0.828 bits per heavy atom. The largest absolute Gasteiger partial charge is 0.369 e. The summed E-state index contributed by atoms with van der Waals surface area (Å²) in [4.78, 5) is 13.7. The molecular weight excluding hydrogens is 360 g/mol. The van der Waals surface area contributed by atoms with Gasteiger partial charge in [-0.2, -0.15) is 4.98 Å². The molecule has 1 aromatic heterocycles. The molecule has 6 nitrogen and oxygen atoms in total. The fourth-order valence-electron chi connectivity index (χ4n) is 3.41. The molecule has 2 aromatic carbocycles. The Morgan fingerprint density at radius 3 is 2.17 bits per heavy atom. The molecule has 3 aromatic rings. The average Bonchev–Trinajstić information content (AvgIpc) is 2.76. The van der Waals surface area contributed by atoms with Crippen LogP contribution in [0, 0.1) is 0 Å². The van der Waals surface area contributed by atoms with E-state index in [4.69, 9.17) is 0 Å². The Hall–Kier alpha value is -3.12. The Balaban J connectivity index is 1.39. The first kappa shape index (κ1) is 19.2. The molecule has 0 spiro atoms. The second kappa shape index (κ2) is 8.92. The van der Waals surface area contributed by atoms with Crippen LogP contribution in [0.3, 0.4) is 0 Å². The maximum Gasteiger partial charge on any atom is 0.229 e. The van der Waals surface area contributed by atoms with E-state index in [9.17, 15) is 0 Å². The third-order valence-electron chi connectivity index (χ3n) is 5.28. The quantitative estimate of drug-likeness (QED) is 0.657. The van der Waals surface area contributed by atoms with Gasteiger partial charge >= 0.3 is 0 Å². The van der Waals surface area contributed by atoms with E-state index in [1.54, 1.807) is 6.20 Å². The molecule has 0 bridgehead atoms. The number of rotatable bonds is 6. The highest BCUT2D eigenvalue weighted by molar-refractivity contribution is 5.62. The summed E-state index contributed by atoms with van der Waals surface area (Å²) in [5.41, 5.74) is 4.58. The predicted molar refractivity (Wildman–Crippen MR) is 121 cm³/mol. The molecule has 4 rings (SSSR count). The highest BCUT2D eigenvalue weighted by atomic mass is 15.2. The lowest BCUT2D eigenvalue weighted by Gasteiger charge is -2.34. The van der Waals surface area contributed by atoms with Crippen molar-refractivity contribution in [3.8, 4) is 0 Å². The summed E-state index contributed by atoms with van der Waals surface area (Å²) >= 11 is 0. The molecule has 0 amide bonds. The third-order valence-corrected chi connectivity index (χ3v) is 5.28. The van der Waals surface area contributed by atoms with Gasteiger partial charge in [0.25, 0.3) is 0 Å². The molecular formula is C23H28N6. The number of piperazine rings is 1. The summed E-state index contributed by atoms with van der Waals surface area (Å²) in [7, 11) is 2.18. The maximum atomic E-state index is 4.58. The van der Waals surface area contributed by atoms with Crippen LogP contribution in [0.5, 0.6) is 0 Å². The molecule has 0 radical (unpaired) electrons. The monoisotopic (exact) mass is 388 g/mol. The summed E-state index contributed by atoms with van der Waals surface area (Å²) in [5, 5.41) is 6.63. The summed E-state index contributed by atoms with van der Waals surface area (Å²) in [6, 6.07) is 18.8. The summed E-state index contributed by atoms with van der Waals surface area (Å²) < 4.78 is 0. The van der Waals surface area contributed by atoms with Crippen molar-refractivity contribution in [1.82, 2.24) is 14.9 Å². The molecule has 0 aliphatic carbocycles. The van der Waals surface area contributed by atoms with Gasteiger partial charge in [0.05, 0.1) is 0 Å². The van der Waals surface area contributed by atoms with E-state index in [0.717, 1.165) is 49.8 Å². The minimum absolute atomic E-state index is 0.577. The van der Waals surface area contributed by atoms with E-state index in [1.165, 1.54) is 11.3 Å². The number of anilines is 5. The van der Waals surface area contributed by atoms with Crippen molar-refractivity contribution in [2.75, 3.05) is 48.8 Å². The van der Waals surface area contributed by atoms with Gasteiger partial charge in [0.15, 0.2) is 0 Å². The number of hydrogen-bond acceptors (Lipinski definition) is 6. The molecule has 29 heavy (non-hydrogen) atoms. The SMILES string of the molecule is CCc1ccc(Nc2nccc(Nc3ccc(N4CCN(C)CC4)cc3)n2)cc1. The van der Waals surface area contributed by atoms with Crippen LogP contribution < -0.4 is 15.5 Å². The van der Waals surface area contributed by atoms with Crippen molar-refractivity contribution in [2.24, 2.45) is 0 Å². The smallest absolute Gasteiger partial charge is 0.229 e. The van der Waals surface area contributed by atoms with Crippen molar-refractivity contribution in [3.63, 3.8) is 0 Å². The second-order valence-electron chi connectivity index (χ2n) is 7.40. The van der Waals surface area contributed by atoms with Gasteiger partial charge in [0, 0.05) is 49.4 Å². The van der Waals surface area contributed by atoms with Crippen LogP contribution in [-0.2, 0) is 6.42 Å². The van der Waals surface area contributed by atoms with Gasteiger partial charge in [-0.25, -0.2) is 4.98 Å². The van der Waals surface area contributed by atoms with E-state index in [-0.39, 0.29) is 0 Å². The number of nitrogens with one attached hydrogen (secondary N) is 2. The Labute approximate surface area is 172 Å². The Kier molecular flexibility index (Phi) is 5.91. The fourth-order valence-corrected chi connectivity index (χ4v) is 3.41. The lowest BCUT2D eigenvalue weighted by Crippen LogP contribution is -2.44. The summed E-state index contributed by atoms with van der Waals surface area (Å²) in [6.45, 7) is 6.51. The highest BCUT2D eigenvalue weighted by Gasteiger charge is 2.14. The fraction of sp³-hybridized carbons (Fsp3) is 0.304. The zero-order chi connectivity index (χ0) is 20.1. The average molecular weight is 389 g/mol. The van der Waals surface area contributed by atoms with E-state index in [1.807, 2.05) is 6.07 Å². The molecule has 6 heteroatoms. The molecule has 1 fully saturated rings. The van der Waals surface area contributed by atoms with Crippen LogP contribution in [0.4, 0.5) is 28.8 Å². The van der Waals surface area contributed by atoms with Crippen LogP contribution in [0.2, 0.25) is 0 Å². The summed E-state index contributed by atoms with van der Waals surface area (Å²) in [5.74, 6) is 1.34. The molecule has 150 valence electrons. The van der Waals surface area contributed by atoms with Gasteiger partial charge in [0.1, 0.15) is 5.82 Å². The van der Waals surface area contributed by atoms with E-state index < -0.39 is 0 Å². The molecule has 1 saturated heterocycles. The number of benzene rings is 2. The topological polar surface area (TPSA) is 56.3 Å². The number of nitrogens with zero attached hydrogens (tertiary/aromatic N) is 4. The van der Waals surface area contributed by atoms with Gasteiger partial charge in [-0.15, -0.1) is 0 Å². The van der Waals surface area contributed by atoms with Crippen molar-refractivity contribution in [1.29, 1.82) is 0 Å². The number of aryl methyl sites for hydroxylation is 1. The number of likely N-dealkylation sites (N-methyl/N-ethyl adjacent to an activating group) is 1. The van der Waals surface area contributed by atoms with Crippen molar-refractivity contribution >= 4 is 28.8 Å². The molecule has 0 saturated carbocycles. The zero-order valence-corrected chi connectivity index (χ0v) is 17.1. The van der Waals surface area contributed by atoms with Crippen LogP contribution in [0.1, 0.15) is 12.5 Å². The van der Waals surface area contributed by atoms with Crippen molar-refractivity contribution in [3.05, 3.63) is 66.4 Å². The predicted octanol–water partition coefficient (Wildman–Crippen LogP) is 4.28. The maximum absolute atomic E-state index is 4.58. The van der Waals surface area contributed by atoms with Gasteiger partial charge < -0.3 is 20.4 Å². The van der Waals surface area contributed by atoms with Crippen LogP contribution in [0.15, 0.2) is 60.8 Å². The second-order valence-corrected chi connectivity index (χ2v) is 7.40. The molecule has 1 aliphatic rings. The number of aromatic nitrogens is 2. The van der Waals surface area contributed by atoms with Crippen molar-refractivity contribution in [2.45, 2.75) is 13.3 Å². The first-order valence-corrected chi connectivity index (χ1v) is 10.2. The number of hydrogen-bond donors (Lipinski definition) is 2. The standard InChI is InChI=1S/C23H28N6/c1-3-18-4-6-20(7-5-18)26-23-24-13-12-22(27-23)25-19-8-10-21(11-9-19)29-16-14-28(2)15-17-29/h4-13H,3,14-17H2,1-2H3,(H2,24,25,26,27). The first-order chi connectivity index (χ1) is 14.2. The van der Waals surface area contributed by atoms with Crippen LogP contribution in [0.25, 0.3) is 0 Å². The Bertz CT molecular complexity index is 915. The normalized spacial score (nSPS) is 14.6. The van der Waals surface area contributed by atoms with E-state index in [2.05, 4.69) is 92.9 Å². The minimum Gasteiger partial charge on any atom is -0.369 e. The van der Waals surface area contributed by atoms with Crippen LogP contribution in [-0.4, -0.2) is 48.1 Å². The zero-order valence-electron chi connectivity index (χ0n) is 17.1. The Morgan fingerprint density at radius 2 is 1.48 bits per heavy atom. The third kappa shape index (κ3) is 5.03. The summed E-state index contributed by atoms with van der Waals surface area (Å²) in [6.07, 6.45) is 2.79. The molecule has 2 N–H and O–H groups in total. The first-order valence-electron chi connectivity index (χ1n) is 10.2. The van der Waals surface area contributed by atoms with Gasteiger partial charge in [-0.1, -0.05) is 19.1 Å². The highest BCUT2D eigenvalue weighted by Crippen LogP contribution is 2.22. The lowest BCUT2D eigenvalue weighted by molar-refractivity contribution is 0.313. The molecule has 0 atom stereocenters. The van der Waals surface area contributed by atoms with E-state index >= 15 is 0 Å². The molecule has 0 unspecified atom stereocenters. The van der Waals surface area contributed by atoms with Gasteiger partial charge in [-0.05, 0) is 61.5 Å². The van der Waals surface area contributed by atoms with Gasteiger partial charge in [0.2, 0.25) is 5.95 Å². The van der Waals surface area contributed by atoms with E-state index in [0.29, 0.717) is 5.95 Å². The van der Waals surface area contributed by atoms with Crippen LogP contribution >= 0.6 is 0 Å². The minimum atomic E-state index is 0.577. The molecule has 1 aliphatic heterocycles. The van der Waals surface area contributed by atoms with Gasteiger partial charge in [-0.3, -0.25) is 0 Å².